The van der Waals surface area contributed by atoms with E-state index in [2.05, 4.69) is 15.0 Å². The van der Waals surface area contributed by atoms with Crippen molar-refractivity contribution in [3.05, 3.63) is 46.7 Å². The first kappa shape index (κ1) is 29.5. The summed E-state index contributed by atoms with van der Waals surface area (Å²) in [4.78, 5) is 25.3. The fourth-order valence-electron chi connectivity index (χ4n) is 3.45. The van der Waals surface area contributed by atoms with Crippen LogP contribution in [0, 0.1) is 0 Å². The lowest BCUT2D eigenvalue weighted by Crippen LogP contribution is -2.35. The summed E-state index contributed by atoms with van der Waals surface area (Å²) in [5.41, 5.74) is -0.220. The summed E-state index contributed by atoms with van der Waals surface area (Å²) in [6, 6.07) is 6.74. The van der Waals surface area contributed by atoms with E-state index in [1.165, 1.54) is 12.3 Å². The lowest BCUT2D eigenvalue weighted by atomic mass is 10.2. The number of aliphatic hydroxyl groups excluding tert-OH is 1. The molecule has 1 fully saturated rings. The summed E-state index contributed by atoms with van der Waals surface area (Å²) in [5, 5.41) is 12.3. The fourth-order valence-corrected chi connectivity index (χ4v) is 3.45. The zero-order chi connectivity index (χ0) is 27.6. The Hall–Kier alpha value is -3.71. The van der Waals surface area contributed by atoms with E-state index in [0.29, 0.717) is 29.3 Å². The maximum absolute atomic E-state index is 13.7. The molecule has 4 rings (SSSR count). The molecule has 1 saturated heterocycles. The van der Waals surface area contributed by atoms with E-state index in [-0.39, 0.29) is 12.4 Å². The van der Waals surface area contributed by atoms with Gasteiger partial charge in [0.25, 0.3) is 12.4 Å². The van der Waals surface area contributed by atoms with Crippen molar-refractivity contribution in [1.82, 2.24) is 9.55 Å². The maximum atomic E-state index is 13.7. The van der Waals surface area contributed by atoms with Crippen molar-refractivity contribution in [2.75, 3.05) is 33.2 Å². The van der Waals surface area contributed by atoms with Gasteiger partial charge in [0.15, 0.2) is 11.3 Å². The van der Waals surface area contributed by atoms with Crippen molar-refractivity contribution in [3.63, 3.8) is 0 Å². The number of nitrogens with zero attached hydrogens (tertiary/aromatic N) is 2. The molecular weight excluding hydrogens is 496 g/mol. The Morgan fingerprint density at radius 3 is 2.54 bits per heavy atom. The molecule has 0 amide bonds. The Kier molecular flexibility index (Phi) is 10.8. The molecule has 0 bridgehead atoms. The molecule has 0 radical (unpaired) electrons. The molecule has 2 unspecified atom stereocenters. The number of alkyl halides is 2. The number of carbonyl (C=O) groups is 1. The number of furan rings is 1. The van der Waals surface area contributed by atoms with E-state index in [4.69, 9.17) is 23.7 Å². The number of rotatable bonds is 8. The standard InChI is InChI=1S/C12H12O5.C10H13F2N3O3.C2H6/c1-14-9-3-8-4-10(6-16-7-13)17-12(8)11(5-9)15-2;1-13-7-2-3-15(9(17)14-7)8-10(11,12)4-6(5-16)18-8;1-2/h3-5,7H,6H2,1-2H3;2-3,6,8,16H,4-5H2,1H3,(H,13,14,17);1-2H3. The van der Waals surface area contributed by atoms with Gasteiger partial charge in [-0.05, 0) is 18.2 Å². The number of aromatic nitrogens is 2. The molecule has 37 heavy (non-hydrogen) atoms. The number of benzene rings is 1. The maximum Gasteiger partial charge on any atom is 0.351 e. The smallest absolute Gasteiger partial charge is 0.351 e. The fraction of sp³-hybridized carbons (Fsp3) is 0.458. The van der Waals surface area contributed by atoms with E-state index >= 15 is 0 Å². The van der Waals surface area contributed by atoms with E-state index in [9.17, 15) is 18.4 Å². The molecule has 1 aliphatic rings. The number of ether oxygens (including phenoxy) is 4. The predicted octanol–water partition coefficient (Wildman–Crippen LogP) is 3.35. The highest BCUT2D eigenvalue weighted by atomic mass is 19.3. The Labute approximate surface area is 211 Å². The molecule has 3 heterocycles. The second-order valence-corrected chi connectivity index (χ2v) is 7.38. The zero-order valence-electron chi connectivity index (χ0n) is 21.2. The highest BCUT2D eigenvalue weighted by Crippen LogP contribution is 2.41. The summed E-state index contributed by atoms with van der Waals surface area (Å²) in [5.74, 6) is -1.11. The van der Waals surface area contributed by atoms with Gasteiger partial charge in [-0.25, -0.2) is 13.6 Å². The summed E-state index contributed by atoms with van der Waals surface area (Å²) >= 11 is 0. The average molecular weight is 528 g/mol. The highest BCUT2D eigenvalue weighted by Gasteiger charge is 2.51. The van der Waals surface area contributed by atoms with Gasteiger partial charge >= 0.3 is 5.69 Å². The minimum Gasteiger partial charge on any atom is -0.497 e. The first-order valence-corrected chi connectivity index (χ1v) is 11.4. The molecule has 2 atom stereocenters. The number of aliphatic hydroxyl groups is 1. The van der Waals surface area contributed by atoms with Crippen LogP contribution < -0.4 is 20.5 Å². The first-order chi connectivity index (χ1) is 17.8. The van der Waals surface area contributed by atoms with Crippen molar-refractivity contribution in [3.8, 4) is 11.5 Å². The van der Waals surface area contributed by atoms with Gasteiger partial charge in [-0.3, -0.25) is 9.36 Å². The molecular formula is C24H31F2N3O8. The van der Waals surface area contributed by atoms with Crippen molar-refractivity contribution in [2.24, 2.45) is 0 Å². The number of methoxy groups -OCH3 is 2. The van der Waals surface area contributed by atoms with Gasteiger partial charge in [-0.1, -0.05) is 13.8 Å². The van der Waals surface area contributed by atoms with Gasteiger partial charge in [0.05, 0.1) is 26.9 Å². The SMILES string of the molecule is CC.CNc1ccn(C2OC(CO)CC2(F)F)c(=O)n1.COc1cc(OC)c2oc(COC=O)cc2c1. The van der Waals surface area contributed by atoms with Crippen LogP contribution in [0.4, 0.5) is 14.6 Å². The Morgan fingerprint density at radius 2 is 2.00 bits per heavy atom. The quantitative estimate of drug-likeness (QED) is 0.420. The van der Waals surface area contributed by atoms with Crippen molar-refractivity contribution in [1.29, 1.82) is 0 Å². The van der Waals surface area contributed by atoms with Crippen LogP contribution in [-0.2, 0) is 20.9 Å². The average Bonchev–Trinajstić information content (AvgIpc) is 3.47. The highest BCUT2D eigenvalue weighted by molar-refractivity contribution is 5.85. The van der Waals surface area contributed by atoms with E-state index in [1.807, 2.05) is 19.9 Å². The van der Waals surface area contributed by atoms with Gasteiger partial charge in [-0.2, -0.15) is 4.98 Å². The van der Waals surface area contributed by atoms with Gasteiger partial charge < -0.3 is 33.8 Å². The lowest BCUT2D eigenvalue weighted by molar-refractivity contribution is -0.130. The topological polar surface area (TPSA) is 134 Å². The van der Waals surface area contributed by atoms with E-state index in [0.717, 1.165) is 9.95 Å². The summed E-state index contributed by atoms with van der Waals surface area (Å²) in [6.45, 7) is 3.97. The molecule has 0 aliphatic carbocycles. The number of carbonyl (C=O) groups excluding carboxylic acids is 1. The Bertz CT molecular complexity index is 1210. The molecule has 0 spiro atoms. The summed E-state index contributed by atoms with van der Waals surface area (Å²) in [7, 11) is 4.70. The summed E-state index contributed by atoms with van der Waals surface area (Å²) in [6.07, 6.45) is -2.12. The third-order valence-electron chi connectivity index (χ3n) is 5.08. The number of nitrogens with one attached hydrogen (secondary N) is 1. The van der Waals surface area contributed by atoms with Crippen LogP contribution in [0.1, 0.15) is 32.3 Å². The predicted molar refractivity (Wildman–Crippen MR) is 130 cm³/mol. The third-order valence-corrected chi connectivity index (χ3v) is 5.08. The Morgan fingerprint density at radius 1 is 1.27 bits per heavy atom. The van der Waals surface area contributed by atoms with Gasteiger partial charge in [0, 0.05) is 31.1 Å². The van der Waals surface area contributed by atoms with Crippen LogP contribution in [0.5, 0.6) is 11.5 Å². The van der Waals surface area contributed by atoms with Crippen molar-refractivity contribution < 1.29 is 42.0 Å². The molecule has 2 aromatic heterocycles. The normalized spacial score (nSPS) is 17.6. The summed E-state index contributed by atoms with van der Waals surface area (Å²) < 4.78 is 53.5. The molecule has 11 nitrogen and oxygen atoms in total. The minimum atomic E-state index is -3.21. The number of hydrogen-bond donors (Lipinski definition) is 2. The van der Waals surface area contributed by atoms with Crippen molar-refractivity contribution >= 4 is 23.3 Å². The second-order valence-electron chi connectivity index (χ2n) is 7.38. The lowest BCUT2D eigenvalue weighted by Gasteiger charge is -2.19. The minimum absolute atomic E-state index is 0.101. The van der Waals surface area contributed by atoms with Gasteiger partial charge in [0.2, 0.25) is 6.23 Å². The van der Waals surface area contributed by atoms with Crippen LogP contribution in [0.3, 0.4) is 0 Å². The molecule has 13 heteroatoms. The van der Waals surface area contributed by atoms with Crippen LogP contribution >= 0.6 is 0 Å². The molecule has 1 aromatic carbocycles. The van der Waals surface area contributed by atoms with Gasteiger partial charge in [-0.15, -0.1) is 0 Å². The van der Waals surface area contributed by atoms with Gasteiger partial charge in [0.1, 0.15) is 23.9 Å². The van der Waals surface area contributed by atoms with E-state index in [1.54, 1.807) is 33.4 Å². The van der Waals surface area contributed by atoms with E-state index < -0.39 is 37.0 Å². The third kappa shape index (κ3) is 7.17. The van der Waals surface area contributed by atoms with Crippen molar-refractivity contribution in [2.45, 2.75) is 45.1 Å². The van der Waals surface area contributed by atoms with Crippen LogP contribution in [-0.4, -0.2) is 61.0 Å². The largest absolute Gasteiger partial charge is 0.497 e. The molecule has 1 aliphatic heterocycles. The number of hydrogen-bond acceptors (Lipinski definition) is 10. The number of anilines is 1. The molecule has 204 valence electrons. The number of fused-ring (bicyclic) bond motifs is 1. The molecule has 3 aromatic rings. The zero-order valence-corrected chi connectivity index (χ0v) is 21.2. The second kappa shape index (κ2) is 13.6. The van der Waals surface area contributed by atoms with Crippen LogP contribution in [0.15, 0.2) is 39.7 Å². The van der Waals surface area contributed by atoms with Crippen LogP contribution in [0.25, 0.3) is 11.0 Å². The Balaban J connectivity index is 0.000000244. The first-order valence-electron chi connectivity index (χ1n) is 11.4. The van der Waals surface area contributed by atoms with Crippen LogP contribution in [0.2, 0.25) is 0 Å². The molecule has 2 N–H and O–H groups in total. The number of halogens is 2. The monoisotopic (exact) mass is 527 g/mol. The molecule has 0 saturated carbocycles.